The van der Waals surface area contributed by atoms with Gasteiger partial charge in [-0.3, -0.25) is 9.36 Å². The summed E-state index contributed by atoms with van der Waals surface area (Å²) in [6.45, 7) is 0. The van der Waals surface area contributed by atoms with E-state index in [1.807, 2.05) is 6.07 Å². The largest absolute Gasteiger partial charge is 0.268 e. The van der Waals surface area contributed by atoms with Crippen LogP contribution in [0.1, 0.15) is 17.6 Å². The zero-order valence-corrected chi connectivity index (χ0v) is 11.2. The zero-order chi connectivity index (χ0) is 15.7. The predicted octanol–water partition coefficient (Wildman–Crippen LogP) is 3.19. The van der Waals surface area contributed by atoms with Crippen molar-refractivity contribution >= 4 is 10.9 Å². The number of nitriles is 1. The molecule has 0 saturated heterocycles. The first-order chi connectivity index (χ1) is 10.6. The molecule has 0 amide bonds. The number of rotatable bonds is 2. The molecule has 4 nitrogen and oxygen atoms in total. The van der Waals surface area contributed by atoms with E-state index >= 15 is 0 Å². The molecule has 0 spiro atoms. The summed E-state index contributed by atoms with van der Waals surface area (Å²) in [5.74, 6) is 0. The van der Waals surface area contributed by atoms with Crippen LogP contribution in [-0.2, 0) is 0 Å². The van der Waals surface area contributed by atoms with Gasteiger partial charge in [0.1, 0.15) is 12.4 Å². The van der Waals surface area contributed by atoms with Gasteiger partial charge in [-0.1, -0.05) is 18.2 Å². The first-order valence-electron chi connectivity index (χ1n) is 6.41. The molecule has 0 radical (unpaired) electrons. The van der Waals surface area contributed by atoms with Crippen LogP contribution < -0.4 is 5.56 Å². The maximum absolute atomic E-state index is 12.8. The van der Waals surface area contributed by atoms with Crippen LogP contribution in [0.15, 0.2) is 53.6 Å². The fourth-order valence-corrected chi connectivity index (χ4v) is 2.24. The number of benzene rings is 2. The van der Waals surface area contributed by atoms with Crippen LogP contribution in [0.2, 0.25) is 0 Å². The average molecular weight is 297 g/mol. The molecule has 0 bridgehead atoms. The molecule has 0 saturated carbocycles. The Kier molecular flexibility index (Phi) is 3.39. The topological polar surface area (TPSA) is 58.7 Å². The van der Waals surface area contributed by atoms with E-state index in [0.29, 0.717) is 16.8 Å². The number of hydrogen-bond acceptors (Lipinski definition) is 3. The predicted molar refractivity (Wildman–Crippen MR) is 77.0 cm³/mol. The van der Waals surface area contributed by atoms with E-state index in [2.05, 4.69) is 4.98 Å². The van der Waals surface area contributed by atoms with Crippen LogP contribution in [0.25, 0.3) is 16.6 Å². The van der Waals surface area contributed by atoms with Gasteiger partial charge in [0.15, 0.2) is 0 Å². The summed E-state index contributed by atoms with van der Waals surface area (Å²) in [5.41, 5.74) is 0.322. The summed E-state index contributed by atoms with van der Waals surface area (Å²) in [6, 6.07) is 12.2. The van der Waals surface area contributed by atoms with Crippen molar-refractivity contribution in [3.05, 3.63) is 70.3 Å². The Morgan fingerprint density at radius 3 is 2.68 bits per heavy atom. The van der Waals surface area contributed by atoms with Crippen LogP contribution >= 0.6 is 0 Å². The third kappa shape index (κ3) is 2.23. The standard InChI is InChI=1S/C16H9F2N3O/c17-15(18)10-3-1-5-12(7-10)21-9-20-14-11(8-19)4-2-6-13(14)16(21)22/h1-7,9,15H. The van der Waals surface area contributed by atoms with Crippen molar-refractivity contribution in [3.63, 3.8) is 0 Å². The minimum absolute atomic E-state index is 0.171. The third-order valence-corrected chi connectivity index (χ3v) is 3.31. The van der Waals surface area contributed by atoms with Gasteiger partial charge in [-0.25, -0.2) is 13.8 Å². The van der Waals surface area contributed by atoms with Crippen LogP contribution in [0, 0.1) is 11.3 Å². The summed E-state index contributed by atoms with van der Waals surface area (Å²) in [6.07, 6.45) is -1.37. The lowest BCUT2D eigenvalue weighted by Gasteiger charge is -2.08. The van der Waals surface area contributed by atoms with Gasteiger partial charge in [-0.05, 0) is 24.3 Å². The van der Waals surface area contributed by atoms with Crippen molar-refractivity contribution in [2.75, 3.05) is 0 Å². The van der Waals surface area contributed by atoms with E-state index in [-0.39, 0.29) is 10.9 Å². The Bertz CT molecular complexity index is 957. The molecule has 22 heavy (non-hydrogen) atoms. The number of fused-ring (bicyclic) bond motifs is 1. The van der Waals surface area contributed by atoms with Crippen molar-refractivity contribution in [3.8, 4) is 11.8 Å². The van der Waals surface area contributed by atoms with Crippen molar-refractivity contribution in [1.82, 2.24) is 9.55 Å². The number of nitrogens with zero attached hydrogens (tertiary/aromatic N) is 3. The van der Waals surface area contributed by atoms with Crippen LogP contribution in [0.3, 0.4) is 0 Å². The Labute approximate surface area is 123 Å². The highest BCUT2D eigenvalue weighted by Crippen LogP contribution is 2.21. The summed E-state index contributed by atoms with van der Waals surface area (Å²) in [5, 5.41) is 9.30. The van der Waals surface area contributed by atoms with Crippen molar-refractivity contribution in [1.29, 1.82) is 5.26 Å². The fourth-order valence-electron chi connectivity index (χ4n) is 2.24. The van der Waals surface area contributed by atoms with Crippen molar-refractivity contribution in [2.24, 2.45) is 0 Å². The lowest BCUT2D eigenvalue weighted by Crippen LogP contribution is -2.19. The normalized spacial score (nSPS) is 10.8. The molecule has 0 N–H and O–H groups in total. The highest BCUT2D eigenvalue weighted by atomic mass is 19.3. The molecule has 0 fully saturated rings. The van der Waals surface area contributed by atoms with Crippen LogP contribution in [-0.4, -0.2) is 9.55 Å². The van der Waals surface area contributed by atoms with E-state index in [0.717, 1.165) is 0 Å². The van der Waals surface area contributed by atoms with E-state index in [9.17, 15) is 13.6 Å². The molecule has 0 aliphatic carbocycles. The molecular formula is C16H9F2N3O. The monoisotopic (exact) mass is 297 g/mol. The molecule has 6 heteroatoms. The number of para-hydroxylation sites is 1. The molecule has 0 aliphatic heterocycles. The minimum atomic E-state index is -2.62. The van der Waals surface area contributed by atoms with Crippen LogP contribution in [0.4, 0.5) is 8.78 Å². The average Bonchev–Trinajstić information content (AvgIpc) is 2.55. The Balaban J connectivity index is 2.26. The van der Waals surface area contributed by atoms with E-state index < -0.39 is 12.0 Å². The molecule has 1 aromatic heterocycles. The summed E-state index contributed by atoms with van der Waals surface area (Å²) >= 11 is 0. The third-order valence-electron chi connectivity index (χ3n) is 3.31. The maximum atomic E-state index is 12.8. The van der Waals surface area contributed by atoms with Gasteiger partial charge < -0.3 is 0 Å². The van der Waals surface area contributed by atoms with Gasteiger partial charge in [-0.2, -0.15) is 5.26 Å². The fraction of sp³-hybridized carbons (Fsp3) is 0.0625. The van der Waals surface area contributed by atoms with E-state index in [1.165, 1.54) is 29.1 Å². The lowest BCUT2D eigenvalue weighted by atomic mass is 10.1. The summed E-state index contributed by atoms with van der Waals surface area (Å²) < 4.78 is 26.7. The Hall–Kier alpha value is -3.07. The Morgan fingerprint density at radius 1 is 1.18 bits per heavy atom. The smallest absolute Gasteiger partial charge is 0.265 e. The Morgan fingerprint density at radius 2 is 1.95 bits per heavy atom. The van der Waals surface area contributed by atoms with Crippen molar-refractivity contribution in [2.45, 2.75) is 6.43 Å². The lowest BCUT2D eigenvalue weighted by molar-refractivity contribution is 0.151. The van der Waals surface area contributed by atoms with E-state index in [1.54, 1.807) is 24.3 Å². The highest BCUT2D eigenvalue weighted by molar-refractivity contribution is 5.83. The van der Waals surface area contributed by atoms with Gasteiger partial charge in [-0.15, -0.1) is 0 Å². The highest BCUT2D eigenvalue weighted by Gasteiger charge is 2.11. The van der Waals surface area contributed by atoms with Crippen molar-refractivity contribution < 1.29 is 8.78 Å². The number of alkyl halides is 2. The summed E-state index contributed by atoms with van der Waals surface area (Å²) in [4.78, 5) is 16.6. The molecule has 0 aliphatic rings. The molecule has 2 aromatic carbocycles. The molecule has 3 aromatic rings. The second kappa shape index (κ2) is 5.37. The van der Waals surface area contributed by atoms with Gasteiger partial charge in [0, 0.05) is 5.56 Å². The molecule has 3 rings (SSSR count). The maximum Gasteiger partial charge on any atom is 0.265 e. The first kappa shape index (κ1) is 13.9. The summed E-state index contributed by atoms with van der Waals surface area (Å²) in [7, 11) is 0. The second-order valence-corrected chi connectivity index (χ2v) is 4.63. The number of halogens is 2. The number of hydrogen-bond donors (Lipinski definition) is 0. The minimum Gasteiger partial charge on any atom is -0.268 e. The SMILES string of the molecule is N#Cc1cccc2c(=O)n(-c3cccc(C(F)F)c3)cnc12. The molecule has 108 valence electrons. The number of aromatic nitrogens is 2. The van der Waals surface area contributed by atoms with Gasteiger partial charge >= 0.3 is 0 Å². The zero-order valence-electron chi connectivity index (χ0n) is 11.2. The second-order valence-electron chi connectivity index (χ2n) is 4.63. The molecular weight excluding hydrogens is 288 g/mol. The quantitative estimate of drug-likeness (QED) is 0.730. The van der Waals surface area contributed by atoms with Gasteiger partial charge in [0.2, 0.25) is 0 Å². The molecule has 0 atom stereocenters. The van der Waals surface area contributed by atoms with E-state index in [4.69, 9.17) is 5.26 Å². The molecule has 1 heterocycles. The van der Waals surface area contributed by atoms with Gasteiger partial charge in [0.05, 0.1) is 22.2 Å². The first-order valence-corrected chi connectivity index (χ1v) is 6.41. The molecule has 0 unspecified atom stereocenters. The van der Waals surface area contributed by atoms with Gasteiger partial charge in [0.25, 0.3) is 12.0 Å². The van der Waals surface area contributed by atoms with Crippen LogP contribution in [0.5, 0.6) is 0 Å².